The standard InChI is InChI=1S/C17H18O5/c1-10(18)7-16-13(4)12(3)15(17(19)22-16)8-11(2)21-14-5-6-20-9-14/h7-8,14,18H,1-6,9H2/b15-8+,16-7+. The van der Waals surface area contributed by atoms with E-state index in [9.17, 15) is 9.90 Å². The zero-order valence-corrected chi connectivity index (χ0v) is 12.3. The average molecular weight is 302 g/mol. The molecule has 0 aliphatic carbocycles. The summed E-state index contributed by atoms with van der Waals surface area (Å²) in [5.41, 5.74) is -0.493. The summed E-state index contributed by atoms with van der Waals surface area (Å²) >= 11 is 0. The maximum Gasteiger partial charge on any atom is 0.344 e. The number of ether oxygens (including phenoxy) is 2. The van der Waals surface area contributed by atoms with Gasteiger partial charge in [-0.05, 0) is 11.3 Å². The summed E-state index contributed by atoms with van der Waals surface area (Å²) in [4.78, 5) is 12.0. The molecular formula is C17H18O5. The maximum atomic E-state index is 12.0. The summed E-state index contributed by atoms with van der Waals surface area (Å²) in [6, 6.07) is 0. The van der Waals surface area contributed by atoms with E-state index >= 15 is 0 Å². The fraction of sp³-hybridized carbons (Fsp3) is 0.235. The second-order valence-corrected chi connectivity index (χ2v) is 4.97. The third-order valence-corrected chi connectivity index (χ3v) is 3.22. The van der Waals surface area contributed by atoms with Gasteiger partial charge in [0.1, 0.15) is 23.0 Å². The minimum Gasteiger partial charge on any atom is -0.508 e. The van der Waals surface area contributed by atoms with Gasteiger partial charge in [-0.25, -0.2) is 4.79 Å². The molecule has 5 heteroatoms. The first kappa shape index (κ1) is 15.9. The summed E-state index contributed by atoms with van der Waals surface area (Å²) in [6.07, 6.45) is 3.40. The molecule has 0 spiro atoms. The lowest BCUT2D eigenvalue weighted by Gasteiger charge is -2.10. The second-order valence-electron chi connectivity index (χ2n) is 4.97. The Morgan fingerprint density at radius 1 is 1.27 bits per heavy atom. The van der Waals surface area contributed by atoms with Crippen LogP contribution in [0.3, 0.4) is 0 Å². The molecule has 1 aromatic heterocycles. The van der Waals surface area contributed by atoms with Gasteiger partial charge < -0.3 is 19.0 Å². The quantitative estimate of drug-likeness (QED) is 0.753. The molecule has 0 radical (unpaired) electrons. The molecule has 1 saturated heterocycles. The molecule has 0 bridgehead atoms. The van der Waals surface area contributed by atoms with E-state index in [1.165, 1.54) is 12.2 Å². The van der Waals surface area contributed by atoms with Gasteiger partial charge in [-0.15, -0.1) is 0 Å². The first-order chi connectivity index (χ1) is 10.4. The monoisotopic (exact) mass is 302 g/mol. The van der Waals surface area contributed by atoms with Crippen molar-refractivity contribution < 1.29 is 19.0 Å². The molecule has 1 N–H and O–H groups in total. The fourth-order valence-corrected chi connectivity index (χ4v) is 2.08. The molecule has 1 atom stereocenters. The summed E-state index contributed by atoms with van der Waals surface area (Å²) in [6.45, 7) is 15.9. The van der Waals surface area contributed by atoms with Crippen molar-refractivity contribution in [3.05, 3.63) is 56.2 Å². The van der Waals surface area contributed by atoms with Gasteiger partial charge in [-0.3, -0.25) is 0 Å². The van der Waals surface area contributed by atoms with E-state index in [4.69, 9.17) is 13.9 Å². The lowest BCUT2D eigenvalue weighted by molar-refractivity contribution is 0.101. The van der Waals surface area contributed by atoms with Crippen molar-refractivity contribution in [1.29, 1.82) is 0 Å². The molecule has 22 heavy (non-hydrogen) atoms. The molecule has 116 valence electrons. The van der Waals surface area contributed by atoms with E-state index in [-0.39, 0.29) is 22.5 Å². The van der Waals surface area contributed by atoms with Crippen LogP contribution in [0.2, 0.25) is 0 Å². The van der Waals surface area contributed by atoms with Crippen molar-refractivity contribution in [3.63, 3.8) is 0 Å². The minimum atomic E-state index is -0.614. The van der Waals surface area contributed by atoms with Crippen LogP contribution in [-0.2, 0) is 9.47 Å². The van der Waals surface area contributed by atoms with Gasteiger partial charge in [0, 0.05) is 17.7 Å². The van der Waals surface area contributed by atoms with Crippen molar-refractivity contribution in [1.82, 2.24) is 0 Å². The van der Waals surface area contributed by atoms with Crippen LogP contribution in [0.5, 0.6) is 0 Å². The molecule has 2 heterocycles. The van der Waals surface area contributed by atoms with Gasteiger partial charge in [0.2, 0.25) is 0 Å². The van der Waals surface area contributed by atoms with Crippen molar-refractivity contribution in [3.8, 4) is 0 Å². The maximum absolute atomic E-state index is 12.0. The molecule has 2 rings (SSSR count). The first-order valence-corrected chi connectivity index (χ1v) is 6.74. The Morgan fingerprint density at radius 2 is 2.00 bits per heavy atom. The molecule has 0 aromatic carbocycles. The van der Waals surface area contributed by atoms with Crippen molar-refractivity contribution in [2.45, 2.75) is 12.5 Å². The van der Waals surface area contributed by atoms with Crippen LogP contribution < -0.4 is 26.7 Å². The van der Waals surface area contributed by atoms with E-state index < -0.39 is 5.63 Å². The topological polar surface area (TPSA) is 68.9 Å². The number of aliphatic hydroxyl groups excluding tert-OH is 1. The highest BCUT2D eigenvalue weighted by atomic mass is 16.5. The van der Waals surface area contributed by atoms with Gasteiger partial charge in [0.05, 0.1) is 18.4 Å². The Balaban J connectivity index is 2.46. The Labute approximate surface area is 127 Å². The molecule has 1 aliphatic rings. The number of hydrogen-bond donors (Lipinski definition) is 1. The zero-order valence-electron chi connectivity index (χ0n) is 12.3. The third-order valence-electron chi connectivity index (χ3n) is 3.22. The smallest absolute Gasteiger partial charge is 0.344 e. The van der Waals surface area contributed by atoms with Crippen LogP contribution in [0, 0.1) is 0 Å². The van der Waals surface area contributed by atoms with Crippen LogP contribution >= 0.6 is 0 Å². The molecule has 1 fully saturated rings. The highest BCUT2D eigenvalue weighted by Crippen LogP contribution is 2.11. The van der Waals surface area contributed by atoms with Gasteiger partial charge >= 0.3 is 5.63 Å². The lowest BCUT2D eigenvalue weighted by atomic mass is 10.2. The Morgan fingerprint density at radius 3 is 2.59 bits per heavy atom. The summed E-state index contributed by atoms with van der Waals surface area (Å²) in [5.74, 6) is 0.0913. The van der Waals surface area contributed by atoms with Crippen molar-refractivity contribution in [2.24, 2.45) is 0 Å². The lowest BCUT2D eigenvalue weighted by Crippen LogP contribution is -2.53. The Hall–Kier alpha value is -2.53. The summed E-state index contributed by atoms with van der Waals surface area (Å²) in [5, 5.41) is 10.2. The van der Waals surface area contributed by atoms with Crippen molar-refractivity contribution in [2.75, 3.05) is 13.2 Å². The molecule has 5 nitrogen and oxygen atoms in total. The van der Waals surface area contributed by atoms with Crippen LogP contribution in [0.4, 0.5) is 0 Å². The molecule has 1 aromatic rings. The van der Waals surface area contributed by atoms with E-state index in [0.717, 1.165) is 6.42 Å². The second kappa shape index (κ2) is 6.49. The third kappa shape index (κ3) is 3.56. The summed E-state index contributed by atoms with van der Waals surface area (Å²) < 4.78 is 15.9. The average Bonchev–Trinajstić information content (AvgIpc) is 2.93. The van der Waals surface area contributed by atoms with Gasteiger partial charge in [-0.1, -0.05) is 26.3 Å². The van der Waals surface area contributed by atoms with Crippen LogP contribution in [0.25, 0.3) is 25.3 Å². The van der Waals surface area contributed by atoms with Crippen LogP contribution in [-0.4, -0.2) is 24.4 Å². The molecular weight excluding hydrogens is 284 g/mol. The Kier molecular flexibility index (Phi) is 4.68. The number of allylic oxidation sites excluding steroid dienone is 2. The van der Waals surface area contributed by atoms with Gasteiger partial charge in [0.15, 0.2) is 0 Å². The minimum absolute atomic E-state index is 0.0615. The van der Waals surface area contributed by atoms with E-state index in [0.29, 0.717) is 29.4 Å². The zero-order chi connectivity index (χ0) is 16.3. The van der Waals surface area contributed by atoms with Crippen LogP contribution in [0.1, 0.15) is 6.42 Å². The van der Waals surface area contributed by atoms with Crippen LogP contribution in [0.15, 0.2) is 33.9 Å². The number of aliphatic hydroxyl groups is 1. The van der Waals surface area contributed by atoms with E-state index in [2.05, 4.69) is 26.3 Å². The fourth-order valence-electron chi connectivity index (χ4n) is 2.08. The predicted molar refractivity (Wildman–Crippen MR) is 84.7 cm³/mol. The SMILES string of the molecule is C=C(O)/C=c1/oc(=O)/c(=C/C(=C)OC2CCOC2)c(=C)c1=C. The largest absolute Gasteiger partial charge is 0.508 e. The first-order valence-electron chi connectivity index (χ1n) is 6.74. The van der Waals surface area contributed by atoms with Crippen molar-refractivity contribution >= 4 is 25.3 Å². The molecule has 1 unspecified atom stereocenters. The predicted octanol–water partition coefficient (Wildman–Crippen LogP) is -0.588. The highest BCUT2D eigenvalue weighted by molar-refractivity contribution is 5.42. The number of rotatable bonds is 4. The van der Waals surface area contributed by atoms with Gasteiger partial charge in [-0.2, -0.15) is 0 Å². The molecule has 0 amide bonds. The molecule has 1 aliphatic heterocycles. The highest BCUT2D eigenvalue weighted by Gasteiger charge is 2.16. The van der Waals surface area contributed by atoms with E-state index in [1.54, 1.807) is 0 Å². The Bertz CT molecular complexity index is 869. The number of hydrogen-bond acceptors (Lipinski definition) is 5. The summed E-state index contributed by atoms with van der Waals surface area (Å²) in [7, 11) is 0. The van der Waals surface area contributed by atoms with Gasteiger partial charge in [0.25, 0.3) is 0 Å². The van der Waals surface area contributed by atoms with E-state index in [1.807, 2.05) is 0 Å². The normalized spacial score (nSPS) is 19.4. The molecule has 0 saturated carbocycles.